The predicted molar refractivity (Wildman–Crippen MR) is 77.9 cm³/mol. The number of aromatic nitrogens is 1. The fourth-order valence-electron chi connectivity index (χ4n) is 2.33. The number of amides is 1. The molecule has 1 aliphatic heterocycles. The van der Waals surface area contributed by atoms with E-state index in [1.807, 2.05) is 34.5 Å². The third-order valence-electron chi connectivity index (χ3n) is 3.36. The standard InChI is InChI=1S/C15H16N2O2S/c18-15(10-14-2-1-9-20-14)17-8-5-13(11-17)19-12-3-6-16-7-4-12/h1-4,6-7,9,13H,5,8,10-11H2. The molecule has 1 fully saturated rings. The predicted octanol–water partition coefficient (Wildman–Crippen LogP) is 2.37. The molecule has 104 valence electrons. The molecule has 0 N–H and O–H groups in total. The van der Waals surface area contributed by atoms with E-state index in [2.05, 4.69) is 4.98 Å². The summed E-state index contributed by atoms with van der Waals surface area (Å²) in [6, 6.07) is 7.67. The minimum absolute atomic E-state index is 0.0877. The molecule has 1 atom stereocenters. The number of hydrogen-bond donors (Lipinski definition) is 0. The number of rotatable bonds is 4. The van der Waals surface area contributed by atoms with Crippen molar-refractivity contribution in [2.45, 2.75) is 18.9 Å². The van der Waals surface area contributed by atoms with Crippen LogP contribution in [0.4, 0.5) is 0 Å². The average Bonchev–Trinajstić information content (AvgIpc) is 3.11. The average molecular weight is 288 g/mol. The molecule has 5 heteroatoms. The minimum Gasteiger partial charge on any atom is -0.488 e. The number of hydrogen-bond acceptors (Lipinski definition) is 4. The number of nitrogens with zero attached hydrogens (tertiary/aromatic N) is 2. The van der Waals surface area contributed by atoms with Crippen LogP contribution >= 0.6 is 11.3 Å². The molecular formula is C15H16N2O2S. The van der Waals surface area contributed by atoms with Crippen molar-refractivity contribution in [3.05, 3.63) is 46.9 Å². The van der Waals surface area contributed by atoms with E-state index in [0.717, 1.165) is 23.6 Å². The van der Waals surface area contributed by atoms with Gasteiger partial charge in [0.1, 0.15) is 11.9 Å². The third-order valence-corrected chi connectivity index (χ3v) is 4.23. The summed E-state index contributed by atoms with van der Waals surface area (Å²) >= 11 is 1.63. The normalized spacial score (nSPS) is 18.2. The van der Waals surface area contributed by atoms with Gasteiger partial charge in [0.05, 0.1) is 13.0 Å². The van der Waals surface area contributed by atoms with E-state index < -0.39 is 0 Å². The van der Waals surface area contributed by atoms with E-state index in [-0.39, 0.29) is 12.0 Å². The molecule has 3 heterocycles. The van der Waals surface area contributed by atoms with Crippen molar-refractivity contribution in [3.63, 3.8) is 0 Å². The van der Waals surface area contributed by atoms with Crippen LogP contribution in [0.5, 0.6) is 5.75 Å². The quantitative estimate of drug-likeness (QED) is 0.867. The lowest BCUT2D eigenvalue weighted by molar-refractivity contribution is -0.129. The molecule has 2 aromatic rings. The van der Waals surface area contributed by atoms with Crippen molar-refractivity contribution in [2.75, 3.05) is 13.1 Å². The van der Waals surface area contributed by atoms with Crippen molar-refractivity contribution >= 4 is 17.2 Å². The Bertz CT molecular complexity index is 557. The molecule has 2 aromatic heterocycles. The third kappa shape index (κ3) is 3.17. The number of ether oxygens (including phenoxy) is 1. The second-order valence-electron chi connectivity index (χ2n) is 4.81. The van der Waals surface area contributed by atoms with Gasteiger partial charge in [-0.2, -0.15) is 0 Å². The molecule has 1 saturated heterocycles. The van der Waals surface area contributed by atoms with Gasteiger partial charge < -0.3 is 9.64 Å². The molecule has 0 spiro atoms. The van der Waals surface area contributed by atoms with Gasteiger partial charge in [-0.15, -0.1) is 11.3 Å². The number of carbonyl (C=O) groups is 1. The molecule has 20 heavy (non-hydrogen) atoms. The summed E-state index contributed by atoms with van der Waals surface area (Å²) in [7, 11) is 0. The Hall–Kier alpha value is -1.88. The van der Waals surface area contributed by atoms with Gasteiger partial charge in [0.2, 0.25) is 5.91 Å². The Morgan fingerprint density at radius 3 is 3.00 bits per heavy atom. The molecule has 4 nitrogen and oxygen atoms in total. The molecule has 0 aromatic carbocycles. The van der Waals surface area contributed by atoms with E-state index in [4.69, 9.17) is 4.74 Å². The Morgan fingerprint density at radius 2 is 2.25 bits per heavy atom. The zero-order chi connectivity index (χ0) is 13.8. The van der Waals surface area contributed by atoms with Gasteiger partial charge in [0, 0.05) is 30.2 Å². The lowest BCUT2D eigenvalue weighted by Crippen LogP contribution is -2.31. The van der Waals surface area contributed by atoms with Gasteiger partial charge in [0.25, 0.3) is 0 Å². The highest BCUT2D eigenvalue weighted by molar-refractivity contribution is 7.10. The summed E-state index contributed by atoms with van der Waals surface area (Å²) in [5.41, 5.74) is 0. The van der Waals surface area contributed by atoms with Crippen molar-refractivity contribution in [2.24, 2.45) is 0 Å². The van der Waals surface area contributed by atoms with Crippen LogP contribution in [0.25, 0.3) is 0 Å². The summed E-state index contributed by atoms with van der Waals surface area (Å²) < 4.78 is 5.86. The van der Waals surface area contributed by atoms with Gasteiger partial charge >= 0.3 is 0 Å². The lowest BCUT2D eigenvalue weighted by atomic mass is 10.3. The van der Waals surface area contributed by atoms with Gasteiger partial charge in [-0.05, 0) is 23.6 Å². The maximum Gasteiger partial charge on any atom is 0.227 e. The van der Waals surface area contributed by atoms with Crippen LogP contribution in [-0.4, -0.2) is 35.0 Å². The highest BCUT2D eigenvalue weighted by atomic mass is 32.1. The number of thiophene rings is 1. The zero-order valence-corrected chi connectivity index (χ0v) is 11.9. The van der Waals surface area contributed by atoms with E-state index in [0.29, 0.717) is 13.0 Å². The molecule has 1 aliphatic rings. The molecule has 1 amide bonds. The molecule has 0 aliphatic carbocycles. The van der Waals surface area contributed by atoms with Crippen LogP contribution in [0, 0.1) is 0 Å². The van der Waals surface area contributed by atoms with Crippen LogP contribution < -0.4 is 4.74 Å². The van der Waals surface area contributed by atoms with Gasteiger partial charge in [-0.1, -0.05) is 6.07 Å². The Kier molecular flexibility index (Phi) is 3.97. The molecule has 0 radical (unpaired) electrons. The van der Waals surface area contributed by atoms with Crippen molar-refractivity contribution in [3.8, 4) is 5.75 Å². The van der Waals surface area contributed by atoms with Crippen LogP contribution in [0.1, 0.15) is 11.3 Å². The van der Waals surface area contributed by atoms with Crippen molar-refractivity contribution in [1.82, 2.24) is 9.88 Å². The van der Waals surface area contributed by atoms with E-state index >= 15 is 0 Å². The first-order chi connectivity index (χ1) is 9.81. The van der Waals surface area contributed by atoms with Crippen molar-refractivity contribution < 1.29 is 9.53 Å². The van der Waals surface area contributed by atoms with Gasteiger partial charge in [-0.25, -0.2) is 0 Å². The van der Waals surface area contributed by atoms with E-state index in [9.17, 15) is 4.79 Å². The van der Waals surface area contributed by atoms with Gasteiger partial charge in [-0.3, -0.25) is 9.78 Å². The van der Waals surface area contributed by atoms with Crippen LogP contribution in [0.2, 0.25) is 0 Å². The first-order valence-corrected chi connectivity index (χ1v) is 7.56. The summed E-state index contributed by atoms with van der Waals surface area (Å²) in [5.74, 6) is 1.01. The highest BCUT2D eigenvalue weighted by Gasteiger charge is 2.27. The van der Waals surface area contributed by atoms with Crippen LogP contribution in [0.3, 0.4) is 0 Å². The number of likely N-dealkylation sites (tertiary alicyclic amines) is 1. The maximum atomic E-state index is 12.2. The molecule has 1 unspecified atom stereocenters. The highest BCUT2D eigenvalue weighted by Crippen LogP contribution is 2.19. The van der Waals surface area contributed by atoms with Crippen molar-refractivity contribution in [1.29, 1.82) is 0 Å². The second-order valence-corrected chi connectivity index (χ2v) is 5.84. The summed E-state index contributed by atoms with van der Waals surface area (Å²) in [4.78, 5) is 19.2. The fraction of sp³-hybridized carbons (Fsp3) is 0.333. The fourth-order valence-corrected chi connectivity index (χ4v) is 3.03. The van der Waals surface area contributed by atoms with E-state index in [1.165, 1.54) is 0 Å². The lowest BCUT2D eigenvalue weighted by Gasteiger charge is -2.17. The molecular weight excluding hydrogens is 272 g/mol. The summed E-state index contributed by atoms with van der Waals surface area (Å²) in [5, 5.41) is 2.00. The molecule has 0 saturated carbocycles. The van der Waals surface area contributed by atoms with Crippen LogP contribution in [0.15, 0.2) is 42.0 Å². The zero-order valence-electron chi connectivity index (χ0n) is 11.1. The Labute approximate surface area is 122 Å². The smallest absolute Gasteiger partial charge is 0.227 e. The Balaban J connectivity index is 1.53. The Morgan fingerprint density at radius 1 is 1.40 bits per heavy atom. The largest absolute Gasteiger partial charge is 0.488 e. The SMILES string of the molecule is O=C(Cc1cccs1)N1CCC(Oc2ccncc2)C1. The minimum atomic E-state index is 0.0877. The number of pyridine rings is 1. The maximum absolute atomic E-state index is 12.2. The second kappa shape index (κ2) is 6.05. The number of carbonyl (C=O) groups excluding carboxylic acids is 1. The van der Waals surface area contributed by atoms with E-state index in [1.54, 1.807) is 23.7 Å². The molecule has 3 rings (SSSR count). The van der Waals surface area contributed by atoms with Gasteiger partial charge in [0.15, 0.2) is 0 Å². The summed E-state index contributed by atoms with van der Waals surface area (Å²) in [6.45, 7) is 1.45. The van der Waals surface area contributed by atoms with Crippen LogP contribution in [-0.2, 0) is 11.2 Å². The topological polar surface area (TPSA) is 42.4 Å². The monoisotopic (exact) mass is 288 g/mol. The first kappa shape index (κ1) is 13.1. The summed E-state index contributed by atoms with van der Waals surface area (Å²) in [6.07, 6.45) is 4.90. The molecule has 0 bridgehead atoms. The first-order valence-electron chi connectivity index (χ1n) is 6.68.